The summed E-state index contributed by atoms with van der Waals surface area (Å²) in [6, 6.07) is 8.35. The molecule has 0 saturated carbocycles. The first-order chi connectivity index (χ1) is 7.20. The lowest BCUT2D eigenvalue weighted by molar-refractivity contribution is -0.656. The lowest BCUT2D eigenvalue weighted by Gasteiger charge is -1.93. The van der Waals surface area contributed by atoms with Crippen LogP contribution in [0, 0.1) is 6.92 Å². The van der Waals surface area contributed by atoms with Crippen molar-refractivity contribution in [3.8, 4) is 0 Å². The molecule has 3 rings (SSSR count). The fourth-order valence-corrected chi connectivity index (χ4v) is 2.16. The van der Waals surface area contributed by atoms with Crippen LogP contribution in [0.5, 0.6) is 0 Å². The van der Waals surface area contributed by atoms with Crippen LogP contribution in [0.3, 0.4) is 0 Å². The molecule has 15 heavy (non-hydrogen) atoms. The van der Waals surface area contributed by atoms with E-state index in [1.165, 1.54) is 16.4 Å². The minimum absolute atomic E-state index is 0.932. The van der Waals surface area contributed by atoms with Gasteiger partial charge in [-0.1, -0.05) is 12.1 Å². The first-order valence-electron chi connectivity index (χ1n) is 5.02. The molecule has 0 aliphatic rings. The van der Waals surface area contributed by atoms with Crippen molar-refractivity contribution in [3.63, 3.8) is 0 Å². The van der Waals surface area contributed by atoms with Crippen molar-refractivity contribution in [1.82, 2.24) is 4.57 Å². The van der Waals surface area contributed by atoms with E-state index in [4.69, 9.17) is 4.42 Å². The standard InChI is InChI=1S/C12H13N2O/c1-8-13(2)11-9-6-4-5-7-10(9)14(3)12(11)15-8/h4-7H,1-3H3/q+1. The van der Waals surface area contributed by atoms with E-state index in [0.29, 0.717) is 0 Å². The second-order valence-electron chi connectivity index (χ2n) is 3.91. The molecule has 3 heteroatoms. The summed E-state index contributed by atoms with van der Waals surface area (Å²) in [6.45, 7) is 1.98. The maximum atomic E-state index is 5.74. The fraction of sp³-hybridized carbons (Fsp3) is 0.250. The van der Waals surface area contributed by atoms with Crippen LogP contribution in [0.2, 0.25) is 0 Å². The normalized spacial score (nSPS) is 11.7. The minimum Gasteiger partial charge on any atom is -0.384 e. The van der Waals surface area contributed by atoms with Gasteiger partial charge in [0.15, 0.2) is 0 Å². The number of oxazole rings is 1. The highest BCUT2D eigenvalue weighted by Gasteiger charge is 2.22. The molecule has 0 bridgehead atoms. The van der Waals surface area contributed by atoms with Crippen LogP contribution >= 0.6 is 0 Å². The Balaban J connectivity index is 2.68. The zero-order valence-corrected chi connectivity index (χ0v) is 9.11. The number of benzene rings is 1. The molecule has 1 aromatic carbocycles. The third-order valence-electron chi connectivity index (χ3n) is 3.08. The number of hydrogen-bond donors (Lipinski definition) is 0. The predicted molar refractivity (Wildman–Crippen MR) is 58.6 cm³/mol. The van der Waals surface area contributed by atoms with Gasteiger partial charge in [0, 0.05) is 7.05 Å². The van der Waals surface area contributed by atoms with Gasteiger partial charge in [-0.25, -0.2) is 0 Å². The number of nitrogens with zero attached hydrogens (tertiary/aromatic N) is 2. The van der Waals surface area contributed by atoms with E-state index < -0.39 is 0 Å². The van der Waals surface area contributed by atoms with Crippen LogP contribution in [-0.4, -0.2) is 4.57 Å². The molecular weight excluding hydrogens is 188 g/mol. The Kier molecular flexibility index (Phi) is 1.49. The first kappa shape index (κ1) is 8.53. The maximum Gasteiger partial charge on any atom is 0.345 e. The molecule has 3 aromatic rings. The van der Waals surface area contributed by atoms with E-state index in [9.17, 15) is 0 Å². The van der Waals surface area contributed by atoms with Crippen molar-refractivity contribution >= 4 is 22.1 Å². The topological polar surface area (TPSA) is 21.9 Å². The summed E-state index contributed by atoms with van der Waals surface area (Å²) < 4.78 is 9.93. The maximum absolute atomic E-state index is 5.74. The highest BCUT2D eigenvalue weighted by atomic mass is 16.4. The van der Waals surface area contributed by atoms with E-state index in [2.05, 4.69) is 27.3 Å². The van der Waals surface area contributed by atoms with Gasteiger partial charge in [0.05, 0.1) is 17.8 Å². The van der Waals surface area contributed by atoms with Gasteiger partial charge in [-0.15, -0.1) is 0 Å². The molecule has 0 aliphatic heterocycles. The summed E-state index contributed by atoms with van der Waals surface area (Å²) in [5.74, 6) is 0.932. The van der Waals surface area contributed by atoms with Crippen LogP contribution in [0.25, 0.3) is 22.1 Å². The van der Waals surface area contributed by atoms with Gasteiger partial charge in [-0.3, -0.25) is 0 Å². The highest BCUT2D eigenvalue weighted by Crippen LogP contribution is 2.26. The van der Waals surface area contributed by atoms with E-state index in [-0.39, 0.29) is 0 Å². The number of rotatable bonds is 0. The van der Waals surface area contributed by atoms with Crippen molar-refractivity contribution in [1.29, 1.82) is 0 Å². The molecule has 0 spiro atoms. The summed E-state index contributed by atoms with van der Waals surface area (Å²) >= 11 is 0. The number of para-hydroxylation sites is 1. The van der Waals surface area contributed by atoms with E-state index >= 15 is 0 Å². The Morgan fingerprint density at radius 2 is 2.00 bits per heavy atom. The van der Waals surface area contributed by atoms with Crippen molar-refractivity contribution in [3.05, 3.63) is 30.2 Å². The quantitative estimate of drug-likeness (QED) is 0.510. The molecule has 0 saturated heterocycles. The number of aryl methyl sites for hydroxylation is 3. The molecular formula is C12H13N2O+. The van der Waals surface area contributed by atoms with E-state index in [0.717, 1.165) is 11.6 Å². The molecule has 0 N–H and O–H groups in total. The van der Waals surface area contributed by atoms with Crippen molar-refractivity contribution in [2.75, 3.05) is 0 Å². The van der Waals surface area contributed by atoms with Crippen LogP contribution in [0.15, 0.2) is 28.7 Å². The minimum atomic E-state index is 0.932. The van der Waals surface area contributed by atoms with Gasteiger partial charge < -0.3 is 8.98 Å². The van der Waals surface area contributed by atoms with Gasteiger partial charge in [0.25, 0.3) is 11.2 Å². The zero-order chi connectivity index (χ0) is 10.6. The lowest BCUT2D eigenvalue weighted by Crippen LogP contribution is -2.28. The van der Waals surface area contributed by atoms with E-state index in [1.807, 2.05) is 27.1 Å². The van der Waals surface area contributed by atoms with Crippen LogP contribution in [0.1, 0.15) is 5.89 Å². The molecule has 0 atom stereocenters. The summed E-state index contributed by atoms with van der Waals surface area (Å²) in [4.78, 5) is 0. The first-order valence-corrected chi connectivity index (χ1v) is 5.02. The Labute approximate surface area is 87.5 Å². The molecule has 0 aliphatic carbocycles. The molecule has 0 fully saturated rings. The summed E-state index contributed by atoms with van der Waals surface area (Å²) in [5.41, 5.74) is 3.32. The SMILES string of the molecule is Cc1oc2c(c3ccccc3n2C)[n+]1C. The van der Waals surface area contributed by atoms with Crippen molar-refractivity contribution in [2.24, 2.45) is 14.1 Å². The summed E-state index contributed by atoms with van der Waals surface area (Å²) in [6.07, 6.45) is 0. The number of hydrogen-bond acceptors (Lipinski definition) is 1. The third-order valence-corrected chi connectivity index (χ3v) is 3.08. The number of aromatic nitrogens is 2. The molecule has 0 radical (unpaired) electrons. The Bertz CT molecular complexity index is 661. The monoisotopic (exact) mass is 201 g/mol. The van der Waals surface area contributed by atoms with E-state index in [1.54, 1.807) is 0 Å². The Hall–Kier alpha value is -1.77. The summed E-state index contributed by atoms with van der Waals surface area (Å²) in [5, 5.41) is 1.24. The van der Waals surface area contributed by atoms with Gasteiger partial charge in [0.2, 0.25) is 0 Å². The van der Waals surface area contributed by atoms with Gasteiger partial charge in [-0.05, 0) is 12.1 Å². The second kappa shape index (κ2) is 2.63. The van der Waals surface area contributed by atoms with Gasteiger partial charge in [0.1, 0.15) is 7.05 Å². The van der Waals surface area contributed by atoms with Crippen LogP contribution in [-0.2, 0) is 14.1 Å². The largest absolute Gasteiger partial charge is 0.384 e. The Morgan fingerprint density at radius 1 is 1.27 bits per heavy atom. The molecule has 0 unspecified atom stereocenters. The predicted octanol–water partition coefficient (Wildman–Crippen LogP) is 2.06. The van der Waals surface area contributed by atoms with Crippen LogP contribution in [0.4, 0.5) is 0 Å². The van der Waals surface area contributed by atoms with Gasteiger partial charge in [-0.2, -0.15) is 4.57 Å². The highest BCUT2D eigenvalue weighted by molar-refractivity contribution is 6.01. The molecule has 2 heterocycles. The van der Waals surface area contributed by atoms with Crippen molar-refractivity contribution < 1.29 is 8.98 Å². The fourth-order valence-electron chi connectivity index (χ4n) is 2.16. The number of fused-ring (bicyclic) bond motifs is 3. The molecule has 2 aromatic heterocycles. The zero-order valence-electron chi connectivity index (χ0n) is 9.11. The smallest absolute Gasteiger partial charge is 0.345 e. The third kappa shape index (κ3) is 0.923. The lowest BCUT2D eigenvalue weighted by atomic mass is 10.2. The Morgan fingerprint density at radius 3 is 2.80 bits per heavy atom. The molecule has 3 nitrogen and oxygen atoms in total. The molecule has 0 amide bonds. The van der Waals surface area contributed by atoms with Crippen LogP contribution < -0.4 is 4.57 Å². The average Bonchev–Trinajstić information content (AvgIpc) is 2.68. The summed E-state index contributed by atoms with van der Waals surface area (Å²) in [7, 11) is 4.07. The second-order valence-corrected chi connectivity index (χ2v) is 3.91. The molecule has 76 valence electrons. The van der Waals surface area contributed by atoms with Crippen molar-refractivity contribution in [2.45, 2.75) is 6.92 Å². The van der Waals surface area contributed by atoms with Gasteiger partial charge >= 0.3 is 5.89 Å². The average molecular weight is 201 g/mol.